The van der Waals surface area contributed by atoms with Crippen molar-refractivity contribution in [3.05, 3.63) is 72.8 Å². The molecule has 0 radical (unpaired) electrons. The fourth-order valence-corrected chi connectivity index (χ4v) is 2.42. The standard InChI is InChI=1S/C20H25NO.ClH/c1-3-17(13-14-21)15-22-16(2)18-9-11-20(12-10-18)19-7-5-4-6-8-19;/h3-12,16-17H,1,13-15,21H2,2H3;1H. The Balaban J connectivity index is 0.00000264. The molecular formula is C20H26ClNO. The van der Waals surface area contributed by atoms with Crippen LogP contribution in [0.15, 0.2) is 67.3 Å². The molecule has 0 aromatic heterocycles. The van der Waals surface area contributed by atoms with Gasteiger partial charge >= 0.3 is 0 Å². The Morgan fingerprint density at radius 3 is 2.22 bits per heavy atom. The first-order chi connectivity index (χ1) is 10.7. The molecule has 0 heterocycles. The molecule has 23 heavy (non-hydrogen) atoms. The Morgan fingerprint density at radius 2 is 1.65 bits per heavy atom. The van der Waals surface area contributed by atoms with E-state index in [9.17, 15) is 0 Å². The van der Waals surface area contributed by atoms with Crippen molar-refractivity contribution in [2.24, 2.45) is 11.7 Å². The molecule has 2 aromatic rings. The average Bonchev–Trinajstić information content (AvgIpc) is 2.59. The Hall–Kier alpha value is -1.61. The number of ether oxygens (including phenoxy) is 1. The van der Waals surface area contributed by atoms with Crippen molar-refractivity contribution in [1.29, 1.82) is 0 Å². The summed E-state index contributed by atoms with van der Waals surface area (Å²) in [6.07, 6.45) is 2.92. The van der Waals surface area contributed by atoms with Crippen LogP contribution in [0, 0.1) is 5.92 Å². The summed E-state index contributed by atoms with van der Waals surface area (Å²) in [6.45, 7) is 7.26. The molecule has 0 fully saturated rings. The highest BCUT2D eigenvalue weighted by atomic mass is 35.5. The van der Waals surface area contributed by atoms with Gasteiger partial charge in [0.2, 0.25) is 0 Å². The monoisotopic (exact) mass is 331 g/mol. The number of rotatable bonds is 8. The van der Waals surface area contributed by atoms with Crippen molar-refractivity contribution < 1.29 is 4.74 Å². The van der Waals surface area contributed by atoms with Gasteiger partial charge < -0.3 is 10.5 Å². The number of hydrogen-bond acceptors (Lipinski definition) is 2. The lowest BCUT2D eigenvalue weighted by molar-refractivity contribution is 0.0479. The van der Waals surface area contributed by atoms with E-state index in [0.717, 1.165) is 6.42 Å². The minimum atomic E-state index is 0. The number of hydrogen-bond donors (Lipinski definition) is 1. The third kappa shape index (κ3) is 5.83. The van der Waals surface area contributed by atoms with Gasteiger partial charge in [-0.2, -0.15) is 0 Å². The maximum absolute atomic E-state index is 5.95. The van der Waals surface area contributed by atoms with E-state index in [1.165, 1.54) is 16.7 Å². The largest absolute Gasteiger partial charge is 0.373 e. The summed E-state index contributed by atoms with van der Waals surface area (Å²) in [7, 11) is 0. The minimum absolute atomic E-state index is 0. The maximum Gasteiger partial charge on any atom is 0.0797 e. The van der Waals surface area contributed by atoms with E-state index in [0.29, 0.717) is 19.1 Å². The van der Waals surface area contributed by atoms with E-state index < -0.39 is 0 Å². The lowest BCUT2D eigenvalue weighted by atomic mass is 10.0. The van der Waals surface area contributed by atoms with Crippen molar-refractivity contribution in [3.63, 3.8) is 0 Å². The molecule has 2 atom stereocenters. The predicted molar refractivity (Wildman–Crippen MR) is 101 cm³/mol. The van der Waals surface area contributed by atoms with Gasteiger partial charge in [0.05, 0.1) is 12.7 Å². The summed E-state index contributed by atoms with van der Waals surface area (Å²) in [5, 5.41) is 0. The summed E-state index contributed by atoms with van der Waals surface area (Å²) in [6, 6.07) is 19.0. The topological polar surface area (TPSA) is 35.2 Å². The highest BCUT2D eigenvalue weighted by Gasteiger charge is 2.09. The molecule has 0 spiro atoms. The maximum atomic E-state index is 5.95. The minimum Gasteiger partial charge on any atom is -0.373 e. The van der Waals surface area contributed by atoms with E-state index in [1.807, 2.05) is 12.1 Å². The third-order valence-corrected chi connectivity index (χ3v) is 3.92. The van der Waals surface area contributed by atoms with Crippen LogP contribution in [0.1, 0.15) is 25.0 Å². The molecule has 0 aliphatic rings. The van der Waals surface area contributed by atoms with E-state index in [4.69, 9.17) is 10.5 Å². The van der Waals surface area contributed by atoms with Gasteiger partial charge in [-0.05, 0) is 36.6 Å². The van der Waals surface area contributed by atoms with E-state index in [1.54, 1.807) is 0 Å². The number of benzene rings is 2. The van der Waals surface area contributed by atoms with E-state index in [2.05, 4.69) is 62.0 Å². The first-order valence-electron chi connectivity index (χ1n) is 7.84. The second kappa shape index (κ2) is 10.2. The summed E-state index contributed by atoms with van der Waals surface area (Å²) in [5.41, 5.74) is 9.24. The molecule has 2 N–H and O–H groups in total. The zero-order valence-electron chi connectivity index (χ0n) is 13.7. The lowest BCUT2D eigenvalue weighted by Crippen LogP contribution is -2.14. The van der Waals surface area contributed by atoms with Crippen LogP contribution in [0.3, 0.4) is 0 Å². The van der Waals surface area contributed by atoms with Crippen molar-refractivity contribution in [3.8, 4) is 11.1 Å². The van der Waals surface area contributed by atoms with Gasteiger partial charge in [-0.25, -0.2) is 0 Å². The van der Waals surface area contributed by atoms with E-state index >= 15 is 0 Å². The normalized spacial score (nSPS) is 13.0. The third-order valence-electron chi connectivity index (χ3n) is 3.92. The highest BCUT2D eigenvalue weighted by molar-refractivity contribution is 5.85. The average molecular weight is 332 g/mol. The Morgan fingerprint density at radius 1 is 1.04 bits per heavy atom. The SMILES string of the molecule is C=CC(CCN)COC(C)c1ccc(-c2ccccc2)cc1.Cl. The molecule has 0 saturated carbocycles. The molecule has 0 bridgehead atoms. The van der Waals surface area contributed by atoms with Crippen molar-refractivity contribution in [2.45, 2.75) is 19.4 Å². The lowest BCUT2D eigenvalue weighted by Gasteiger charge is -2.18. The van der Waals surface area contributed by atoms with Crippen LogP contribution in [-0.4, -0.2) is 13.2 Å². The molecule has 2 unspecified atom stereocenters. The smallest absolute Gasteiger partial charge is 0.0797 e. The summed E-state index contributed by atoms with van der Waals surface area (Å²) >= 11 is 0. The second-order valence-corrected chi connectivity index (χ2v) is 5.54. The van der Waals surface area contributed by atoms with Gasteiger partial charge in [-0.1, -0.05) is 60.7 Å². The molecule has 0 saturated heterocycles. The molecule has 2 aromatic carbocycles. The van der Waals surface area contributed by atoms with Crippen molar-refractivity contribution in [2.75, 3.05) is 13.2 Å². The zero-order chi connectivity index (χ0) is 15.8. The molecule has 3 heteroatoms. The fraction of sp³-hybridized carbons (Fsp3) is 0.300. The Kier molecular flexibility index (Phi) is 8.64. The summed E-state index contributed by atoms with van der Waals surface area (Å²) < 4.78 is 5.95. The molecule has 2 nitrogen and oxygen atoms in total. The molecule has 124 valence electrons. The van der Waals surface area contributed by atoms with Crippen LogP contribution >= 0.6 is 12.4 Å². The van der Waals surface area contributed by atoms with Gasteiger partial charge in [-0.3, -0.25) is 0 Å². The Bertz CT molecular complexity index is 568. The van der Waals surface area contributed by atoms with Crippen molar-refractivity contribution in [1.82, 2.24) is 0 Å². The van der Waals surface area contributed by atoms with Gasteiger partial charge in [-0.15, -0.1) is 19.0 Å². The molecule has 0 aliphatic carbocycles. The summed E-state index contributed by atoms with van der Waals surface area (Å²) in [4.78, 5) is 0. The molecular weight excluding hydrogens is 306 g/mol. The van der Waals surface area contributed by atoms with Gasteiger partial charge in [0.1, 0.15) is 0 Å². The quantitative estimate of drug-likeness (QED) is 0.690. The molecule has 0 aliphatic heterocycles. The van der Waals surface area contributed by atoms with Crippen molar-refractivity contribution >= 4 is 12.4 Å². The predicted octanol–water partition coefficient (Wildman–Crippen LogP) is 5.00. The number of halogens is 1. The van der Waals surface area contributed by atoms with Crippen LogP contribution in [0.4, 0.5) is 0 Å². The highest BCUT2D eigenvalue weighted by Crippen LogP contribution is 2.23. The van der Waals surface area contributed by atoms with Crippen LogP contribution in [0.2, 0.25) is 0 Å². The van der Waals surface area contributed by atoms with Gasteiger partial charge in [0, 0.05) is 5.92 Å². The summed E-state index contributed by atoms with van der Waals surface area (Å²) in [5.74, 6) is 0.330. The van der Waals surface area contributed by atoms with E-state index in [-0.39, 0.29) is 18.5 Å². The first kappa shape index (κ1) is 19.4. The van der Waals surface area contributed by atoms with Gasteiger partial charge in [0.15, 0.2) is 0 Å². The van der Waals surface area contributed by atoms with Gasteiger partial charge in [0.25, 0.3) is 0 Å². The Labute approximate surface area is 145 Å². The molecule has 2 rings (SSSR count). The second-order valence-electron chi connectivity index (χ2n) is 5.54. The van der Waals surface area contributed by atoms with Crippen LogP contribution in [0.5, 0.6) is 0 Å². The molecule has 0 amide bonds. The van der Waals surface area contributed by atoms with Crippen LogP contribution in [0.25, 0.3) is 11.1 Å². The first-order valence-corrected chi connectivity index (χ1v) is 7.84. The number of nitrogens with two attached hydrogens (primary N) is 1. The fourth-order valence-electron chi connectivity index (χ4n) is 2.42. The van der Waals surface area contributed by atoms with Crippen LogP contribution < -0.4 is 5.73 Å². The van der Waals surface area contributed by atoms with Crippen LogP contribution in [-0.2, 0) is 4.74 Å². The zero-order valence-corrected chi connectivity index (χ0v) is 14.5.